The second-order valence-electron chi connectivity index (χ2n) is 8.31. The highest BCUT2D eigenvalue weighted by molar-refractivity contribution is 5.73. The standard InChI is InChI=1S/C20H29NO9/c1-20(2,3)8-9-21-19(27)28-10-11-4-6-12(7-5-11)29-18-15(24)13(22)14(23)16(30-18)17(25)26/h4-7,13-16,18,22-24H,8-10H2,1-3H3,(H,21,27)(H,25,26)/t13-,14-,15+,16-,18?/m0/s1. The van der Waals surface area contributed by atoms with Gasteiger partial charge in [-0.25, -0.2) is 9.59 Å². The average molecular weight is 427 g/mol. The van der Waals surface area contributed by atoms with E-state index in [2.05, 4.69) is 26.1 Å². The molecular formula is C20H29NO9. The zero-order valence-corrected chi connectivity index (χ0v) is 17.1. The third kappa shape index (κ3) is 6.84. The number of rotatable bonds is 7. The lowest BCUT2D eigenvalue weighted by atomic mass is 9.92. The first-order valence-electron chi connectivity index (χ1n) is 9.56. The number of carboxylic acid groups (broad SMARTS) is 1. The van der Waals surface area contributed by atoms with Crippen molar-refractivity contribution in [3.8, 4) is 5.75 Å². The van der Waals surface area contributed by atoms with Crippen molar-refractivity contribution in [2.75, 3.05) is 6.54 Å². The van der Waals surface area contributed by atoms with E-state index in [4.69, 9.17) is 19.3 Å². The number of amides is 1. The van der Waals surface area contributed by atoms with Crippen LogP contribution in [0.2, 0.25) is 0 Å². The maximum absolute atomic E-state index is 11.7. The van der Waals surface area contributed by atoms with E-state index in [0.29, 0.717) is 12.1 Å². The first-order chi connectivity index (χ1) is 14.0. The molecule has 0 spiro atoms. The van der Waals surface area contributed by atoms with Crippen LogP contribution < -0.4 is 10.1 Å². The minimum absolute atomic E-state index is 0.0379. The van der Waals surface area contributed by atoms with E-state index in [0.717, 1.165) is 6.42 Å². The average Bonchev–Trinajstić information content (AvgIpc) is 2.66. The summed E-state index contributed by atoms with van der Waals surface area (Å²) in [5.41, 5.74) is 0.787. The summed E-state index contributed by atoms with van der Waals surface area (Å²) >= 11 is 0. The van der Waals surface area contributed by atoms with Crippen molar-refractivity contribution in [3.63, 3.8) is 0 Å². The molecule has 0 bridgehead atoms. The van der Waals surface area contributed by atoms with Gasteiger partial charge in [-0.2, -0.15) is 0 Å². The predicted molar refractivity (Wildman–Crippen MR) is 104 cm³/mol. The summed E-state index contributed by atoms with van der Waals surface area (Å²) in [5.74, 6) is -1.26. The van der Waals surface area contributed by atoms with E-state index in [1.165, 1.54) is 12.1 Å². The molecule has 2 rings (SSSR count). The Morgan fingerprint density at radius 2 is 1.70 bits per heavy atom. The molecule has 1 amide bonds. The van der Waals surface area contributed by atoms with Crippen LogP contribution in [0.1, 0.15) is 32.8 Å². The van der Waals surface area contributed by atoms with E-state index in [-0.39, 0.29) is 17.8 Å². The Bertz CT molecular complexity index is 716. The second-order valence-corrected chi connectivity index (χ2v) is 8.31. The monoisotopic (exact) mass is 427 g/mol. The fourth-order valence-electron chi connectivity index (χ4n) is 2.69. The number of carbonyl (C=O) groups is 2. The molecular weight excluding hydrogens is 398 g/mol. The topological polar surface area (TPSA) is 155 Å². The van der Waals surface area contributed by atoms with Crippen LogP contribution in [0.5, 0.6) is 5.75 Å². The van der Waals surface area contributed by atoms with Gasteiger partial charge in [0.25, 0.3) is 0 Å². The Morgan fingerprint density at radius 3 is 2.27 bits per heavy atom. The number of hydrogen-bond acceptors (Lipinski definition) is 8. The predicted octanol–water partition coefficient (Wildman–Crippen LogP) is 0.620. The van der Waals surface area contributed by atoms with Crippen molar-refractivity contribution in [2.45, 2.75) is 64.5 Å². The molecule has 30 heavy (non-hydrogen) atoms. The molecule has 0 saturated carbocycles. The number of alkyl carbamates (subject to hydrolysis) is 1. The first kappa shape index (κ1) is 23.9. The van der Waals surface area contributed by atoms with Gasteiger partial charge in [0, 0.05) is 6.54 Å². The summed E-state index contributed by atoms with van der Waals surface area (Å²) in [5, 5.41) is 41.2. The van der Waals surface area contributed by atoms with Gasteiger partial charge in [-0.15, -0.1) is 0 Å². The second kappa shape index (κ2) is 10.1. The lowest BCUT2D eigenvalue weighted by Crippen LogP contribution is -2.61. The summed E-state index contributed by atoms with van der Waals surface area (Å²) < 4.78 is 15.6. The van der Waals surface area contributed by atoms with Crippen molar-refractivity contribution in [2.24, 2.45) is 5.41 Å². The summed E-state index contributed by atoms with van der Waals surface area (Å²) in [4.78, 5) is 22.8. The van der Waals surface area contributed by atoms with Crippen molar-refractivity contribution in [1.29, 1.82) is 0 Å². The molecule has 5 N–H and O–H groups in total. The molecule has 5 atom stereocenters. The van der Waals surface area contributed by atoms with Crippen LogP contribution in [0.25, 0.3) is 0 Å². The van der Waals surface area contributed by atoms with Crippen LogP contribution in [-0.2, 0) is 20.9 Å². The van der Waals surface area contributed by atoms with Crippen molar-refractivity contribution >= 4 is 12.1 Å². The first-order valence-corrected chi connectivity index (χ1v) is 9.56. The molecule has 0 aliphatic carbocycles. The van der Waals surface area contributed by atoms with E-state index in [1.54, 1.807) is 12.1 Å². The smallest absolute Gasteiger partial charge is 0.407 e. The third-order valence-electron chi connectivity index (χ3n) is 4.50. The van der Waals surface area contributed by atoms with Crippen LogP contribution in [0.3, 0.4) is 0 Å². The number of benzene rings is 1. The van der Waals surface area contributed by atoms with E-state index < -0.39 is 42.8 Å². The van der Waals surface area contributed by atoms with E-state index in [9.17, 15) is 24.9 Å². The van der Waals surface area contributed by atoms with Gasteiger partial charge in [0.2, 0.25) is 6.29 Å². The maximum atomic E-state index is 11.7. The summed E-state index contributed by atoms with van der Waals surface area (Å²) in [6, 6.07) is 6.26. The highest BCUT2D eigenvalue weighted by Crippen LogP contribution is 2.25. The molecule has 1 saturated heterocycles. The fourth-order valence-corrected chi connectivity index (χ4v) is 2.69. The van der Waals surface area contributed by atoms with Gasteiger partial charge in [-0.3, -0.25) is 0 Å². The molecule has 168 valence electrons. The fraction of sp³-hybridized carbons (Fsp3) is 0.600. The molecule has 1 fully saturated rings. The van der Waals surface area contributed by atoms with Crippen molar-refractivity contribution in [1.82, 2.24) is 5.32 Å². The summed E-state index contributed by atoms with van der Waals surface area (Å²) in [6.45, 7) is 6.77. The Balaban J connectivity index is 1.85. The Hall–Kier alpha value is -2.40. The van der Waals surface area contributed by atoms with Gasteiger partial charge in [-0.1, -0.05) is 32.9 Å². The quantitative estimate of drug-likeness (QED) is 0.421. The van der Waals surface area contributed by atoms with Gasteiger partial charge in [0.1, 0.15) is 30.7 Å². The molecule has 1 aliphatic heterocycles. The number of aliphatic carboxylic acids is 1. The third-order valence-corrected chi connectivity index (χ3v) is 4.50. The van der Waals surface area contributed by atoms with E-state index >= 15 is 0 Å². The number of carbonyl (C=O) groups excluding carboxylic acids is 1. The van der Waals surface area contributed by atoms with Crippen LogP contribution in [-0.4, -0.2) is 69.7 Å². The lowest BCUT2D eigenvalue weighted by Gasteiger charge is -2.38. The molecule has 10 nitrogen and oxygen atoms in total. The number of ether oxygens (including phenoxy) is 3. The van der Waals surface area contributed by atoms with E-state index in [1.807, 2.05) is 0 Å². The number of hydrogen-bond donors (Lipinski definition) is 5. The van der Waals surface area contributed by atoms with Crippen LogP contribution >= 0.6 is 0 Å². The number of carboxylic acids is 1. The van der Waals surface area contributed by atoms with Crippen molar-refractivity contribution < 1.29 is 44.2 Å². The largest absolute Gasteiger partial charge is 0.479 e. The Morgan fingerprint density at radius 1 is 1.07 bits per heavy atom. The molecule has 1 aromatic rings. The van der Waals surface area contributed by atoms with Crippen LogP contribution in [0.15, 0.2) is 24.3 Å². The van der Waals surface area contributed by atoms with Gasteiger partial charge in [0.05, 0.1) is 0 Å². The van der Waals surface area contributed by atoms with Gasteiger partial charge in [-0.05, 0) is 29.5 Å². The normalized spacial score (nSPS) is 26.7. The molecule has 0 radical (unpaired) electrons. The molecule has 1 heterocycles. The minimum atomic E-state index is -1.79. The van der Waals surface area contributed by atoms with Gasteiger partial charge in [0.15, 0.2) is 6.10 Å². The number of aliphatic hydroxyl groups excluding tert-OH is 3. The number of aliphatic hydroxyl groups is 3. The lowest BCUT2D eigenvalue weighted by molar-refractivity contribution is -0.271. The van der Waals surface area contributed by atoms with Gasteiger partial charge >= 0.3 is 12.1 Å². The number of nitrogens with one attached hydrogen (secondary N) is 1. The minimum Gasteiger partial charge on any atom is -0.479 e. The highest BCUT2D eigenvalue weighted by atomic mass is 16.7. The Labute approximate surface area is 174 Å². The maximum Gasteiger partial charge on any atom is 0.407 e. The zero-order valence-electron chi connectivity index (χ0n) is 17.1. The molecule has 1 unspecified atom stereocenters. The molecule has 1 aromatic carbocycles. The zero-order chi connectivity index (χ0) is 22.5. The highest BCUT2D eigenvalue weighted by Gasteiger charge is 2.48. The van der Waals surface area contributed by atoms with Crippen LogP contribution in [0.4, 0.5) is 4.79 Å². The van der Waals surface area contributed by atoms with Crippen molar-refractivity contribution in [3.05, 3.63) is 29.8 Å². The van der Waals surface area contributed by atoms with Crippen LogP contribution in [0, 0.1) is 5.41 Å². The summed E-state index contributed by atoms with van der Waals surface area (Å²) in [6.07, 6.45) is -8.10. The molecule has 1 aliphatic rings. The molecule has 10 heteroatoms. The van der Waals surface area contributed by atoms with Gasteiger partial charge < -0.3 is 40.0 Å². The molecule has 0 aromatic heterocycles. The SMILES string of the molecule is CC(C)(C)CCNC(=O)OCc1ccc(OC2O[C@H](C(=O)O)[C@@H](O)[C@H](O)[C@H]2O)cc1. The summed E-state index contributed by atoms with van der Waals surface area (Å²) in [7, 11) is 0. The Kier molecular flexibility index (Phi) is 8.02.